The Bertz CT molecular complexity index is 7240. The summed E-state index contributed by atoms with van der Waals surface area (Å²) < 4.78 is 187. The largest absolute Gasteiger partial charge is 0.457 e. The lowest BCUT2D eigenvalue weighted by Crippen LogP contribution is -2.61. The van der Waals surface area contributed by atoms with Gasteiger partial charge in [-0.05, 0) is 208 Å². The highest BCUT2D eigenvalue weighted by molar-refractivity contribution is 6.45. The molecule has 0 aliphatic carbocycles. The lowest BCUT2D eigenvalue weighted by Gasteiger charge is -2.36. The molecule has 6 aliphatic heterocycles. The Hall–Kier alpha value is -17.0. The van der Waals surface area contributed by atoms with E-state index in [0.717, 1.165) is 17.4 Å². The van der Waals surface area contributed by atoms with E-state index in [-0.39, 0.29) is 150 Å². The Balaban J connectivity index is 0.878. The van der Waals surface area contributed by atoms with Crippen LogP contribution in [0.2, 0.25) is 0 Å². The van der Waals surface area contributed by atoms with Gasteiger partial charge in [0.15, 0.2) is 0 Å². The minimum absolute atomic E-state index is 0.0495. The second-order valence-electron chi connectivity index (χ2n) is 36.1. The lowest BCUT2D eigenvalue weighted by molar-refractivity contribution is -0.257. The standard InChI is InChI=1S/C110H81F9N10O18/c1-56(108(111,112)113)126-101(134)83(34-57-26-30-120-31-27-57)128-103(136)79-44-85(144-71-22-6-14-63(40-71)59-10-2-18-67(36-59)97(130)122-48-75-52-140-75)91-93-87(146-73-24-8-16-65(42-73)61-12-4-20-69(38-61)99(132)124-50-77-54-142-77)46-81-90-82(106(139)129(105(81)138)84(35-58-28-32-121-33-29-58)102(135)127-107(109(114,115)116)110(117,118)119)47-88(147-74-25-9-17-66(43-74)62-13-5-21-70(39-62)100(133)125-51-78-55-143-78)94(96(90)93)92-86(45-80(104(128)137)89(79)95(91)92)145-72-23-7-15-64(41-72)60-11-3-19-68(37-60)98(131)123-49-76-53-141-76/h2-33,36-47,56,75-78,83-84,107H,34-35,48-55H2,1H3,(H,122,130)(H,123,131)(H,124,132)(H,125,133)(H,126,134)(H,127,135). The molecule has 7 unspecified atom stereocenters. The number of alkyl halides is 9. The Morgan fingerprint density at radius 2 is 0.571 bits per heavy atom. The van der Waals surface area contributed by atoms with Crippen molar-refractivity contribution in [3.63, 3.8) is 0 Å². The van der Waals surface area contributed by atoms with Crippen LogP contribution in [0.15, 0.2) is 267 Å². The van der Waals surface area contributed by atoms with Gasteiger partial charge in [-0.15, -0.1) is 0 Å². The van der Waals surface area contributed by atoms with Gasteiger partial charge >= 0.3 is 18.5 Å². The maximum atomic E-state index is 17.1. The molecule has 10 amide bonds. The molecule has 6 N–H and O–H groups in total. The Morgan fingerprint density at radius 1 is 0.327 bits per heavy atom. The topological polar surface area (TPSA) is 362 Å². The van der Waals surface area contributed by atoms with Crippen LogP contribution in [-0.2, 0) is 41.4 Å². The average molecular weight is 2000 g/mol. The minimum atomic E-state index is -6.26. The number of ether oxygens (including phenoxy) is 8. The van der Waals surface area contributed by atoms with Gasteiger partial charge in [0, 0.05) is 129 Å². The van der Waals surface area contributed by atoms with E-state index >= 15 is 68.3 Å². The van der Waals surface area contributed by atoms with Crippen molar-refractivity contribution in [3.8, 4) is 90.5 Å². The van der Waals surface area contributed by atoms with Crippen molar-refractivity contribution < 1.29 is 125 Å². The van der Waals surface area contributed by atoms with E-state index < -0.39 is 165 Å². The zero-order valence-electron chi connectivity index (χ0n) is 77.1. The highest BCUT2D eigenvalue weighted by Gasteiger charge is 2.59. The number of carbonyl (C=O) groups excluding carboxylic acids is 10. The van der Waals surface area contributed by atoms with Crippen molar-refractivity contribution in [2.24, 2.45) is 0 Å². The van der Waals surface area contributed by atoms with Gasteiger partial charge in [-0.1, -0.05) is 97.1 Å². The number of nitrogens with zero attached hydrogens (tertiary/aromatic N) is 4. The van der Waals surface area contributed by atoms with Crippen LogP contribution < -0.4 is 50.8 Å². The molecular formula is C110H81F9N10O18. The Morgan fingerprint density at radius 3 is 0.816 bits per heavy atom. The van der Waals surface area contributed by atoms with Gasteiger partial charge in [-0.25, -0.2) is 0 Å². The number of imide groups is 2. The summed E-state index contributed by atoms with van der Waals surface area (Å²) in [6.45, 7) is 3.20. The molecule has 2 aromatic heterocycles. The quantitative estimate of drug-likeness (QED) is 0.00717. The maximum Gasteiger partial charge on any atom is 0.417 e. The van der Waals surface area contributed by atoms with E-state index in [1.807, 2.05) is 5.32 Å². The van der Waals surface area contributed by atoms with Gasteiger partial charge in [0.05, 0.1) is 73.1 Å². The normalized spacial score (nSPS) is 16.8. The third-order valence-corrected chi connectivity index (χ3v) is 26.0. The number of benzene rings is 13. The number of halogens is 9. The number of aromatic nitrogens is 2. The van der Waals surface area contributed by atoms with Crippen LogP contribution in [-0.4, -0.2) is 199 Å². The molecule has 742 valence electrons. The fourth-order valence-electron chi connectivity index (χ4n) is 18.3. The molecule has 0 radical (unpaired) electrons. The second kappa shape index (κ2) is 38.9. The molecule has 4 fully saturated rings. The van der Waals surface area contributed by atoms with Crippen LogP contribution >= 0.6 is 0 Å². The molecule has 37 heteroatoms. The molecule has 0 bridgehead atoms. The zero-order valence-corrected chi connectivity index (χ0v) is 77.1. The van der Waals surface area contributed by atoms with Gasteiger partial charge < -0.3 is 69.8 Å². The van der Waals surface area contributed by atoms with Crippen molar-refractivity contribution in [2.75, 3.05) is 52.6 Å². The number of epoxide rings is 4. The minimum Gasteiger partial charge on any atom is -0.457 e. The SMILES string of the molecule is CC(NC(=O)C(Cc1ccncc1)N1C(=O)c2cc(Oc3cccc(-c4cccc(C(=O)NCC5CO5)c4)c3)c3c4c(Oc5cccc(-c6cccc(C(=O)NCC7CO7)c6)c5)cc5c6c(cc(Oc7cccc(-c8cccc(C(=O)NCC9CO9)c8)c7)c(c7c(Oc8cccc(-c9cccc(C(=O)NCC%10CO%10)c9)c8)cc(c2c37)C1=O)c64)C(=O)N(C(Cc1ccncc1)C(=O)NC(C(F)(F)F)C(F)(F)F)C5=O)C(F)(F)F. The number of carbonyl (C=O) groups is 10. The molecule has 7 atom stereocenters. The van der Waals surface area contributed by atoms with E-state index in [1.165, 1.54) is 97.6 Å². The van der Waals surface area contributed by atoms with Gasteiger partial charge in [-0.3, -0.25) is 67.7 Å². The molecule has 0 saturated carbocycles. The van der Waals surface area contributed by atoms with Crippen LogP contribution in [0.25, 0.3) is 87.6 Å². The van der Waals surface area contributed by atoms with E-state index in [1.54, 1.807) is 158 Å². The molecule has 0 spiro atoms. The molecule has 147 heavy (non-hydrogen) atoms. The number of hydrogen-bond acceptors (Lipinski definition) is 20. The predicted octanol–water partition coefficient (Wildman–Crippen LogP) is 18.0. The summed E-state index contributed by atoms with van der Waals surface area (Å²) in [6.07, 6.45) is -15.1. The smallest absolute Gasteiger partial charge is 0.417 e. The molecule has 13 aromatic carbocycles. The lowest BCUT2D eigenvalue weighted by atomic mass is 9.80. The van der Waals surface area contributed by atoms with Gasteiger partial charge in [-0.2, -0.15) is 39.5 Å². The van der Waals surface area contributed by atoms with E-state index in [2.05, 4.69) is 31.2 Å². The number of pyridine rings is 2. The van der Waals surface area contributed by atoms with Crippen molar-refractivity contribution in [1.29, 1.82) is 0 Å². The van der Waals surface area contributed by atoms with Gasteiger partial charge in [0.2, 0.25) is 17.9 Å². The molecule has 15 aromatic rings. The summed E-state index contributed by atoms with van der Waals surface area (Å²) in [5, 5.41) is 12.3. The summed E-state index contributed by atoms with van der Waals surface area (Å²) in [5.41, 5.74) is 1.87. The van der Waals surface area contributed by atoms with Gasteiger partial charge in [0.25, 0.3) is 47.3 Å². The number of rotatable bonds is 34. The number of nitrogens with one attached hydrogen (secondary N) is 6. The predicted molar refractivity (Wildman–Crippen MR) is 516 cm³/mol. The van der Waals surface area contributed by atoms with Crippen molar-refractivity contribution in [2.45, 2.75) is 86.9 Å². The molecule has 6 aliphatic rings. The van der Waals surface area contributed by atoms with Crippen LogP contribution in [0.4, 0.5) is 39.5 Å². The van der Waals surface area contributed by atoms with Crippen molar-refractivity contribution >= 4 is 102 Å². The average Bonchev–Trinajstić information content (AvgIpc) is 1.27. The van der Waals surface area contributed by atoms with Crippen LogP contribution in [0.3, 0.4) is 0 Å². The third-order valence-electron chi connectivity index (χ3n) is 26.0. The second-order valence-corrected chi connectivity index (χ2v) is 36.1. The highest BCUT2D eigenvalue weighted by atomic mass is 19.4. The van der Waals surface area contributed by atoms with Crippen LogP contribution in [0, 0.1) is 0 Å². The molecular weight excluding hydrogens is 1920 g/mol. The monoisotopic (exact) mass is 2000 g/mol. The summed E-state index contributed by atoms with van der Waals surface area (Å²) in [7, 11) is 0. The first kappa shape index (κ1) is 96.1. The fraction of sp³-hybridized carbons (Fsp3) is 0.200. The maximum absolute atomic E-state index is 17.1. The Labute approximate surface area is 828 Å². The highest BCUT2D eigenvalue weighted by Crippen LogP contribution is 2.59. The summed E-state index contributed by atoms with van der Waals surface area (Å²) in [4.78, 5) is 163. The zero-order chi connectivity index (χ0) is 102. The van der Waals surface area contributed by atoms with E-state index in [9.17, 15) is 19.2 Å². The Kier molecular flexibility index (Phi) is 25.4. The third kappa shape index (κ3) is 20.2. The summed E-state index contributed by atoms with van der Waals surface area (Å²) >= 11 is 0. The molecule has 28 nitrogen and oxygen atoms in total. The number of hydrogen-bond donors (Lipinski definition) is 6. The van der Waals surface area contributed by atoms with E-state index in [0.29, 0.717) is 82.8 Å². The number of fused-ring (bicyclic) bond motifs is 2. The van der Waals surface area contributed by atoms with Gasteiger partial charge in [0.1, 0.15) is 64.1 Å². The first-order valence-corrected chi connectivity index (χ1v) is 46.6. The fourth-order valence-corrected chi connectivity index (χ4v) is 18.3. The molecule has 21 rings (SSSR count). The van der Waals surface area contributed by atoms with Crippen LogP contribution in [0.1, 0.15) is 101 Å². The summed E-state index contributed by atoms with van der Waals surface area (Å²) in [6, 6.07) is 48.8. The molecule has 4 saturated heterocycles. The van der Waals surface area contributed by atoms with Crippen molar-refractivity contribution in [1.82, 2.24) is 51.7 Å². The first-order valence-electron chi connectivity index (χ1n) is 46.6. The molecule has 8 heterocycles. The van der Waals surface area contributed by atoms with E-state index in [4.69, 9.17) is 37.9 Å². The van der Waals surface area contributed by atoms with Crippen LogP contribution in [0.5, 0.6) is 46.0 Å². The number of amides is 10. The first-order chi connectivity index (χ1) is 70.7. The van der Waals surface area contributed by atoms with Crippen molar-refractivity contribution in [3.05, 3.63) is 323 Å². The summed E-state index contributed by atoms with van der Waals surface area (Å²) in [5.74, 6) is -13.4.